The van der Waals surface area contributed by atoms with Gasteiger partial charge in [0, 0.05) is 20.7 Å². The molecule has 1 amide bonds. The molecule has 0 aliphatic carbocycles. The molecule has 4 nitrogen and oxygen atoms in total. The van der Waals surface area contributed by atoms with Crippen molar-refractivity contribution in [2.24, 2.45) is 11.1 Å². The van der Waals surface area contributed by atoms with E-state index in [9.17, 15) is 4.79 Å². The van der Waals surface area contributed by atoms with Gasteiger partial charge in [-0.15, -0.1) is 0 Å². The van der Waals surface area contributed by atoms with E-state index in [-0.39, 0.29) is 17.6 Å². The third-order valence-electron chi connectivity index (χ3n) is 2.98. The molecule has 20 heavy (non-hydrogen) atoms. The summed E-state index contributed by atoms with van der Waals surface area (Å²) < 4.78 is 5.16. The summed E-state index contributed by atoms with van der Waals surface area (Å²) in [5, 5.41) is 2.79. The smallest absolute Gasteiger partial charge is 0.407 e. The highest BCUT2D eigenvalue weighted by atomic mass is 28.3. The lowest BCUT2D eigenvalue weighted by Crippen LogP contribution is -2.30. The summed E-state index contributed by atoms with van der Waals surface area (Å²) in [6.45, 7) is 14.6. The van der Waals surface area contributed by atoms with E-state index in [0.717, 1.165) is 25.3 Å². The predicted molar refractivity (Wildman–Crippen MR) is 88.8 cm³/mol. The van der Waals surface area contributed by atoms with Crippen molar-refractivity contribution >= 4 is 14.2 Å². The largest absolute Gasteiger partial charge is 0.450 e. The summed E-state index contributed by atoms with van der Waals surface area (Å²) in [5.41, 5.74) is 6.33. The molecule has 0 radical (unpaired) electrons. The monoisotopic (exact) mass is 302 g/mol. The Morgan fingerprint density at radius 2 is 1.90 bits per heavy atom. The van der Waals surface area contributed by atoms with Gasteiger partial charge >= 0.3 is 6.09 Å². The van der Waals surface area contributed by atoms with Crippen molar-refractivity contribution in [1.29, 1.82) is 0 Å². The molecule has 0 aliphatic rings. The molecule has 120 valence electrons. The average molecular weight is 303 g/mol. The summed E-state index contributed by atoms with van der Waals surface area (Å²) in [6, 6.07) is 1.22. The maximum atomic E-state index is 11.5. The van der Waals surface area contributed by atoms with E-state index in [1.165, 1.54) is 0 Å². The van der Waals surface area contributed by atoms with E-state index in [4.69, 9.17) is 10.5 Å². The number of ether oxygens (including phenoxy) is 1. The van der Waals surface area contributed by atoms with Crippen LogP contribution in [-0.4, -0.2) is 33.4 Å². The van der Waals surface area contributed by atoms with Gasteiger partial charge in [-0.1, -0.05) is 40.4 Å². The van der Waals surface area contributed by atoms with E-state index in [0.29, 0.717) is 13.2 Å². The van der Waals surface area contributed by atoms with Crippen LogP contribution in [0.15, 0.2) is 0 Å². The minimum atomic E-state index is -1.12. The van der Waals surface area contributed by atoms with Crippen molar-refractivity contribution in [2.75, 3.05) is 13.2 Å². The second kappa shape index (κ2) is 8.67. The van der Waals surface area contributed by atoms with Crippen molar-refractivity contribution in [2.45, 2.75) is 71.8 Å². The molecule has 3 N–H and O–H groups in total. The minimum absolute atomic E-state index is 0.208. The second-order valence-corrected chi connectivity index (χ2v) is 13.7. The predicted octanol–water partition coefficient (Wildman–Crippen LogP) is 3.59. The van der Waals surface area contributed by atoms with E-state index in [2.05, 4.69) is 45.7 Å². The van der Waals surface area contributed by atoms with Crippen LogP contribution in [0.3, 0.4) is 0 Å². The summed E-state index contributed by atoms with van der Waals surface area (Å²) in [7, 11) is -1.12. The van der Waals surface area contributed by atoms with Gasteiger partial charge in [0.2, 0.25) is 0 Å². The Morgan fingerprint density at radius 3 is 2.40 bits per heavy atom. The van der Waals surface area contributed by atoms with E-state index >= 15 is 0 Å². The molecule has 0 spiro atoms. The van der Waals surface area contributed by atoms with Crippen molar-refractivity contribution in [1.82, 2.24) is 5.32 Å². The van der Waals surface area contributed by atoms with Gasteiger partial charge in [-0.3, -0.25) is 0 Å². The third-order valence-corrected chi connectivity index (χ3v) is 4.68. The fourth-order valence-electron chi connectivity index (χ4n) is 1.94. The Kier molecular flexibility index (Phi) is 8.43. The normalized spacial score (nSPS) is 13.9. The van der Waals surface area contributed by atoms with Crippen LogP contribution in [0.5, 0.6) is 0 Å². The lowest BCUT2D eigenvalue weighted by molar-refractivity contribution is 0.151. The molecule has 0 aliphatic heterocycles. The molecule has 0 rings (SSSR count). The molecule has 0 aromatic heterocycles. The molecule has 0 aromatic rings. The Labute approximate surface area is 125 Å². The van der Waals surface area contributed by atoms with Crippen LogP contribution in [0, 0.1) is 5.41 Å². The zero-order valence-corrected chi connectivity index (χ0v) is 15.2. The SMILES string of the molecule is CC(C)(C)C[C@@H](N)CCCNC(=O)OCC[Si](C)(C)C. The molecule has 0 saturated heterocycles. The average Bonchev–Trinajstić information content (AvgIpc) is 2.20. The zero-order chi connectivity index (χ0) is 15.8. The first-order valence-corrected chi connectivity index (χ1v) is 11.4. The fourth-order valence-corrected chi connectivity index (χ4v) is 2.66. The van der Waals surface area contributed by atoms with Gasteiger partial charge in [-0.2, -0.15) is 0 Å². The quantitative estimate of drug-likeness (QED) is 0.532. The molecule has 0 heterocycles. The maximum absolute atomic E-state index is 11.5. The summed E-state index contributed by atoms with van der Waals surface area (Å²) >= 11 is 0. The number of carbonyl (C=O) groups excluding carboxylic acids is 1. The Balaban J connectivity index is 3.58. The number of alkyl carbamates (subject to hydrolysis) is 1. The van der Waals surface area contributed by atoms with Gasteiger partial charge in [-0.25, -0.2) is 4.79 Å². The number of nitrogens with one attached hydrogen (secondary N) is 1. The van der Waals surface area contributed by atoms with Crippen LogP contribution in [-0.2, 0) is 4.74 Å². The van der Waals surface area contributed by atoms with Gasteiger partial charge in [0.15, 0.2) is 0 Å². The standard InChI is InChI=1S/C15H34N2O2Si/c1-15(2,3)12-13(16)8-7-9-17-14(18)19-10-11-20(4,5)6/h13H,7-12,16H2,1-6H3,(H,17,18)/t13-/m0/s1. The van der Waals surface area contributed by atoms with E-state index in [1.807, 2.05) is 0 Å². The number of rotatable bonds is 8. The number of nitrogens with two attached hydrogens (primary N) is 1. The van der Waals surface area contributed by atoms with E-state index in [1.54, 1.807) is 0 Å². The second-order valence-electron chi connectivity index (χ2n) is 8.04. The molecular formula is C15H34N2O2Si. The Morgan fingerprint density at radius 1 is 1.30 bits per heavy atom. The molecule has 0 saturated carbocycles. The number of hydrogen-bond donors (Lipinski definition) is 2. The van der Waals surface area contributed by atoms with Crippen LogP contribution < -0.4 is 11.1 Å². The van der Waals surface area contributed by atoms with Gasteiger partial charge in [0.1, 0.15) is 0 Å². The number of carbonyl (C=O) groups is 1. The first-order chi connectivity index (χ1) is 8.99. The van der Waals surface area contributed by atoms with Crippen LogP contribution >= 0.6 is 0 Å². The molecule has 0 unspecified atom stereocenters. The van der Waals surface area contributed by atoms with Crippen molar-refractivity contribution in [3.05, 3.63) is 0 Å². The Hall–Kier alpha value is -0.553. The topological polar surface area (TPSA) is 64.3 Å². The summed E-state index contributed by atoms with van der Waals surface area (Å²) in [4.78, 5) is 11.5. The summed E-state index contributed by atoms with van der Waals surface area (Å²) in [6.07, 6.45) is 2.55. The first kappa shape index (κ1) is 19.4. The summed E-state index contributed by atoms with van der Waals surface area (Å²) in [5.74, 6) is 0. The molecular weight excluding hydrogens is 268 g/mol. The molecule has 0 aromatic carbocycles. The highest BCUT2D eigenvalue weighted by molar-refractivity contribution is 6.76. The van der Waals surface area contributed by atoms with Crippen molar-refractivity contribution < 1.29 is 9.53 Å². The first-order valence-electron chi connectivity index (χ1n) is 7.66. The van der Waals surface area contributed by atoms with Gasteiger partial charge in [0.25, 0.3) is 0 Å². The Bertz CT molecular complexity index is 283. The number of hydrogen-bond acceptors (Lipinski definition) is 3. The van der Waals surface area contributed by atoms with Crippen LogP contribution in [0.1, 0.15) is 40.0 Å². The van der Waals surface area contributed by atoms with Crippen LogP contribution in [0.2, 0.25) is 25.7 Å². The maximum Gasteiger partial charge on any atom is 0.407 e. The lowest BCUT2D eigenvalue weighted by atomic mass is 9.87. The van der Waals surface area contributed by atoms with Gasteiger partial charge in [-0.05, 0) is 30.7 Å². The molecule has 1 atom stereocenters. The molecule has 0 bridgehead atoms. The van der Waals surface area contributed by atoms with Crippen molar-refractivity contribution in [3.63, 3.8) is 0 Å². The van der Waals surface area contributed by atoms with Crippen molar-refractivity contribution in [3.8, 4) is 0 Å². The van der Waals surface area contributed by atoms with Crippen LogP contribution in [0.4, 0.5) is 4.79 Å². The third kappa shape index (κ3) is 13.9. The minimum Gasteiger partial charge on any atom is -0.450 e. The number of amides is 1. The highest BCUT2D eigenvalue weighted by Crippen LogP contribution is 2.21. The highest BCUT2D eigenvalue weighted by Gasteiger charge is 2.16. The molecule has 5 heteroatoms. The zero-order valence-electron chi connectivity index (χ0n) is 14.2. The fraction of sp³-hybridized carbons (Fsp3) is 0.933. The van der Waals surface area contributed by atoms with E-state index < -0.39 is 8.07 Å². The van der Waals surface area contributed by atoms with Gasteiger partial charge in [0.05, 0.1) is 6.61 Å². The molecule has 0 fully saturated rings. The van der Waals surface area contributed by atoms with Crippen LogP contribution in [0.25, 0.3) is 0 Å². The van der Waals surface area contributed by atoms with Gasteiger partial charge < -0.3 is 15.8 Å². The lowest BCUT2D eigenvalue weighted by Gasteiger charge is -2.23.